The first-order valence-electron chi connectivity index (χ1n) is 3.40. The van der Waals surface area contributed by atoms with E-state index in [2.05, 4.69) is 13.8 Å². The fourth-order valence-electron chi connectivity index (χ4n) is 1.01. The average molecular weight is 114 g/mol. The Morgan fingerprint density at radius 3 is 2.38 bits per heavy atom. The molecule has 1 rings (SSSR count). The Hall–Kier alpha value is -0.0400. The van der Waals surface area contributed by atoms with Crippen LogP contribution in [0.4, 0.5) is 0 Å². The van der Waals surface area contributed by atoms with E-state index in [9.17, 15) is 0 Å². The summed E-state index contributed by atoms with van der Waals surface area (Å²) in [6.45, 7) is 5.36. The monoisotopic (exact) mass is 114 g/mol. The van der Waals surface area contributed by atoms with Crippen molar-refractivity contribution in [3.8, 4) is 0 Å². The Bertz CT molecular complexity index is 52.8. The van der Waals surface area contributed by atoms with Crippen molar-refractivity contribution in [1.82, 2.24) is 0 Å². The van der Waals surface area contributed by atoms with Gasteiger partial charge in [0.2, 0.25) is 0 Å². The van der Waals surface area contributed by atoms with Crippen molar-refractivity contribution in [2.45, 2.75) is 32.8 Å². The Kier molecular flexibility index (Phi) is 1.90. The van der Waals surface area contributed by atoms with Gasteiger partial charge in [-0.3, -0.25) is 0 Å². The minimum absolute atomic E-state index is 0.520. The molecule has 1 saturated heterocycles. The third-order valence-electron chi connectivity index (χ3n) is 1.73. The standard InChI is InChI=1S/C7H14O/c1-6-3-4-7(2)8-5-6/h6-7H,3-5H2,1-2H3. The van der Waals surface area contributed by atoms with Gasteiger partial charge >= 0.3 is 0 Å². The van der Waals surface area contributed by atoms with E-state index in [0.717, 1.165) is 12.5 Å². The topological polar surface area (TPSA) is 9.23 Å². The summed E-state index contributed by atoms with van der Waals surface area (Å²) in [7, 11) is 0. The van der Waals surface area contributed by atoms with Gasteiger partial charge in [0, 0.05) is 6.61 Å². The van der Waals surface area contributed by atoms with Crippen LogP contribution in [0.5, 0.6) is 0 Å². The molecule has 0 amide bonds. The fourth-order valence-corrected chi connectivity index (χ4v) is 1.01. The molecule has 1 fully saturated rings. The van der Waals surface area contributed by atoms with Crippen molar-refractivity contribution >= 4 is 0 Å². The molecule has 0 radical (unpaired) electrons. The van der Waals surface area contributed by atoms with Crippen LogP contribution < -0.4 is 0 Å². The summed E-state index contributed by atoms with van der Waals surface area (Å²) in [5.41, 5.74) is 0. The van der Waals surface area contributed by atoms with Crippen molar-refractivity contribution < 1.29 is 4.74 Å². The van der Waals surface area contributed by atoms with Gasteiger partial charge in [0.1, 0.15) is 0 Å². The highest BCUT2D eigenvalue weighted by Crippen LogP contribution is 2.16. The van der Waals surface area contributed by atoms with E-state index in [1.165, 1.54) is 12.8 Å². The largest absolute Gasteiger partial charge is 0.378 e. The molecule has 0 bridgehead atoms. The minimum atomic E-state index is 0.520. The van der Waals surface area contributed by atoms with E-state index < -0.39 is 0 Å². The van der Waals surface area contributed by atoms with Crippen LogP contribution in [-0.2, 0) is 4.74 Å². The van der Waals surface area contributed by atoms with Gasteiger partial charge in [-0.2, -0.15) is 0 Å². The second kappa shape index (κ2) is 2.49. The van der Waals surface area contributed by atoms with Crippen molar-refractivity contribution in [2.24, 2.45) is 5.92 Å². The highest BCUT2D eigenvalue weighted by molar-refractivity contribution is 4.62. The van der Waals surface area contributed by atoms with E-state index in [1.54, 1.807) is 0 Å². The normalized spacial score (nSPS) is 39.8. The molecule has 0 saturated carbocycles. The van der Waals surface area contributed by atoms with E-state index >= 15 is 0 Å². The van der Waals surface area contributed by atoms with Gasteiger partial charge in [0.15, 0.2) is 0 Å². The maximum atomic E-state index is 5.39. The molecule has 0 aliphatic carbocycles. The molecule has 1 heteroatoms. The summed E-state index contributed by atoms with van der Waals surface area (Å²) in [6.07, 6.45) is 3.12. The van der Waals surface area contributed by atoms with Gasteiger partial charge in [0.05, 0.1) is 6.10 Å². The molecule has 0 aromatic heterocycles. The molecule has 0 aromatic carbocycles. The van der Waals surface area contributed by atoms with E-state index in [4.69, 9.17) is 4.74 Å². The molecule has 1 heterocycles. The number of hydrogen-bond acceptors (Lipinski definition) is 1. The van der Waals surface area contributed by atoms with Gasteiger partial charge < -0.3 is 4.74 Å². The number of hydrogen-bond donors (Lipinski definition) is 0. The van der Waals surface area contributed by atoms with Crippen LogP contribution in [0.25, 0.3) is 0 Å². The molecule has 2 unspecified atom stereocenters. The Balaban J connectivity index is 2.19. The summed E-state index contributed by atoms with van der Waals surface area (Å²) in [6, 6.07) is 0. The lowest BCUT2D eigenvalue weighted by Crippen LogP contribution is -2.21. The summed E-state index contributed by atoms with van der Waals surface area (Å²) in [5, 5.41) is 0. The first kappa shape index (κ1) is 6.09. The van der Waals surface area contributed by atoms with Crippen molar-refractivity contribution in [3.05, 3.63) is 0 Å². The predicted molar refractivity (Wildman–Crippen MR) is 33.8 cm³/mol. The summed E-state index contributed by atoms with van der Waals surface area (Å²) in [4.78, 5) is 0. The molecule has 2 atom stereocenters. The minimum Gasteiger partial charge on any atom is -0.378 e. The van der Waals surface area contributed by atoms with Crippen LogP contribution >= 0.6 is 0 Å². The third kappa shape index (κ3) is 1.48. The summed E-state index contributed by atoms with van der Waals surface area (Å²) < 4.78 is 5.39. The number of ether oxygens (including phenoxy) is 1. The van der Waals surface area contributed by atoms with E-state index in [0.29, 0.717) is 6.10 Å². The van der Waals surface area contributed by atoms with Crippen LogP contribution in [0.15, 0.2) is 0 Å². The van der Waals surface area contributed by atoms with Crippen molar-refractivity contribution in [1.29, 1.82) is 0 Å². The maximum Gasteiger partial charge on any atom is 0.0547 e. The van der Waals surface area contributed by atoms with Crippen molar-refractivity contribution in [2.75, 3.05) is 6.61 Å². The average Bonchev–Trinajstić information content (AvgIpc) is 1.77. The Labute approximate surface area is 51.0 Å². The van der Waals surface area contributed by atoms with Gasteiger partial charge in [-0.05, 0) is 25.7 Å². The van der Waals surface area contributed by atoms with Crippen molar-refractivity contribution in [3.63, 3.8) is 0 Å². The maximum absolute atomic E-state index is 5.39. The zero-order chi connectivity index (χ0) is 5.98. The molecule has 0 spiro atoms. The lowest BCUT2D eigenvalue weighted by molar-refractivity contribution is 0.000267. The molecule has 1 aliphatic heterocycles. The first-order chi connectivity index (χ1) is 3.79. The molecule has 0 aromatic rings. The first-order valence-corrected chi connectivity index (χ1v) is 3.40. The summed E-state index contributed by atoms with van der Waals surface area (Å²) in [5.74, 6) is 0.797. The fraction of sp³-hybridized carbons (Fsp3) is 1.00. The molecular formula is C7H14O. The Morgan fingerprint density at radius 1 is 1.25 bits per heavy atom. The zero-order valence-electron chi connectivity index (χ0n) is 5.68. The van der Waals surface area contributed by atoms with E-state index in [1.807, 2.05) is 0 Å². The van der Waals surface area contributed by atoms with Gasteiger partial charge in [-0.1, -0.05) is 6.92 Å². The smallest absolute Gasteiger partial charge is 0.0547 e. The highest BCUT2D eigenvalue weighted by atomic mass is 16.5. The van der Waals surface area contributed by atoms with Crippen LogP contribution in [-0.4, -0.2) is 12.7 Å². The lowest BCUT2D eigenvalue weighted by Gasteiger charge is -2.23. The zero-order valence-corrected chi connectivity index (χ0v) is 5.68. The molecule has 0 N–H and O–H groups in total. The van der Waals surface area contributed by atoms with Gasteiger partial charge in [-0.25, -0.2) is 0 Å². The molecule has 1 aliphatic rings. The van der Waals surface area contributed by atoms with E-state index in [-0.39, 0.29) is 0 Å². The van der Waals surface area contributed by atoms with Crippen LogP contribution in [0.1, 0.15) is 26.7 Å². The lowest BCUT2D eigenvalue weighted by atomic mass is 10.0. The van der Waals surface area contributed by atoms with Crippen LogP contribution in [0.2, 0.25) is 0 Å². The molecule has 8 heavy (non-hydrogen) atoms. The quantitative estimate of drug-likeness (QED) is 0.466. The van der Waals surface area contributed by atoms with Gasteiger partial charge in [-0.15, -0.1) is 0 Å². The predicted octanol–water partition coefficient (Wildman–Crippen LogP) is 1.82. The summed E-state index contributed by atoms with van der Waals surface area (Å²) >= 11 is 0. The second-order valence-corrected chi connectivity index (χ2v) is 2.83. The third-order valence-corrected chi connectivity index (χ3v) is 1.73. The van der Waals surface area contributed by atoms with Gasteiger partial charge in [0.25, 0.3) is 0 Å². The molecule has 1 nitrogen and oxygen atoms in total. The molecule has 48 valence electrons. The SMILES string of the molecule is CC1CCC(C)OC1. The van der Waals surface area contributed by atoms with Crippen LogP contribution in [0.3, 0.4) is 0 Å². The highest BCUT2D eigenvalue weighted by Gasteiger charge is 2.13. The Morgan fingerprint density at radius 2 is 2.00 bits per heavy atom. The second-order valence-electron chi connectivity index (χ2n) is 2.83. The molecular weight excluding hydrogens is 100 g/mol. The van der Waals surface area contributed by atoms with Crippen LogP contribution in [0, 0.1) is 5.92 Å². The number of rotatable bonds is 0.